The number of benzene rings is 1. The Balaban J connectivity index is 1.53. The molecule has 2 aromatic rings. The molecule has 7 nitrogen and oxygen atoms in total. The summed E-state index contributed by atoms with van der Waals surface area (Å²) in [7, 11) is 0. The van der Waals surface area contributed by atoms with Crippen molar-refractivity contribution in [3.63, 3.8) is 0 Å². The van der Waals surface area contributed by atoms with Crippen molar-refractivity contribution in [3.05, 3.63) is 42.5 Å². The van der Waals surface area contributed by atoms with E-state index in [0.717, 1.165) is 69.1 Å². The lowest BCUT2D eigenvalue weighted by Crippen LogP contribution is -2.50. The molecule has 1 unspecified atom stereocenters. The number of pyridine rings is 1. The largest absolute Gasteiger partial charge is 0.369 e. The van der Waals surface area contributed by atoms with Crippen LogP contribution in [-0.4, -0.2) is 56.2 Å². The number of carbonyl (C=O) groups is 1. The molecule has 2 saturated heterocycles. The average molecular weight is 405 g/mol. The number of nitrogens with zero attached hydrogens (tertiary/aromatic N) is 4. The number of nitriles is 1. The van der Waals surface area contributed by atoms with E-state index in [1.807, 2.05) is 24.3 Å². The summed E-state index contributed by atoms with van der Waals surface area (Å²) in [4.78, 5) is 21.9. The van der Waals surface area contributed by atoms with Crippen LogP contribution in [0.5, 0.6) is 0 Å². The zero-order valence-electron chi connectivity index (χ0n) is 17.2. The average Bonchev–Trinajstić information content (AvgIpc) is 2.83. The van der Waals surface area contributed by atoms with Crippen molar-refractivity contribution >= 4 is 17.4 Å². The molecule has 0 spiro atoms. The normalized spacial score (nSPS) is 19.2. The van der Waals surface area contributed by atoms with Gasteiger partial charge in [0.1, 0.15) is 18.4 Å². The van der Waals surface area contributed by atoms with Gasteiger partial charge in [-0.1, -0.05) is 18.2 Å². The molecule has 0 saturated carbocycles. The van der Waals surface area contributed by atoms with E-state index in [1.54, 1.807) is 0 Å². The van der Waals surface area contributed by atoms with Crippen LogP contribution in [0.15, 0.2) is 42.5 Å². The smallest absolute Gasteiger partial charge is 0.243 e. The van der Waals surface area contributed by atoms with Crippen LogP contribution >= 0.6 is 0 Å². The minimum Gasteiger partial charge on any atom is -0.369 e. The first-order chi connectivity index (χ1) is 14.8. The highest BCUT2D eigenvalue weighted by atomic mass is 16.2. The lowest BCUT2D eigenvalue weighted by Gasteiger charge is -2.35. The Morgan fingerprint density at radius 2 is 1.93 bits per heavy atom. The zero-order valence-corrected chi connectivity index (χ0v) is 17.2. The van der Waals surface area contributed by atoms with Crippen LogP contribution in [0.25, 0.3) is 11.3 Å². The summed E-state index contributed by atoms with van der Waals surface area (Å²) >= 11 is 0. The van der Waals surface area contributed by atoms with Crippen LogP contribution in [0.1, 0.15) is 19.3 Å². The molecule has 2 aliphatic heterocycles. The third-order valence-corrected chi connectivity index (χ3v) is 5.82. The quantitative estimate of drug-likeness (QED) is 0.743. The zero-order chi connectivity index (χ0) is 20.8. The molecule has 0 aliphatic carbocycles. The van der Waals surface area contributed by atoms with E-state index in [-0.39, 0.29) is 18.5 Å². The predicted octanol–water partition coefficient (Wildman–Crippen LogP) is 2.16. The SMILES string of the molecule is N#CCNC(=O)C1CCCCN1c1cccc(-c2ccc(N3CCNCC3)cc2)n1. The van der Waals surface area contributed by atoms with Gasteiger partial charge in [-0.2, -0.15) is 5.26 Å². The van der Waals surface area contributed by atoms with E-state index in [1.165, 1.54) is 5.69 Å². The highest BCUT2D eigenvalue weighted by molar-refractivity contribution is 5.85. The second kappa shape index (κ2) is 9.59. The maximum atomic E-state index is 12.5. The van der Waals surface area contributed by atoms with Crippen LogP contribution in [0, 0.1) is 11.3 Å². The molecule has 4 rings (SSSR count). The molecule has 30 heavy (non-hydrogen) atoms. The molecule has 0 radical (unpaired) electrons. The van der Waals surface area contributed by atoms with Crippen LogP contribution < -0.4 is 20.4 Å². The first-order valence-corrected chi connectivity index (χ1v) is 10.7. The summed E-state index contributed by atoms with van der Waals surface area (Å²) in [5, 5.41) is 14.9. The topological polar surface area (TPSA) is 84.3 Å². The second-order valence-electron chi connectivity index (χ2n) is 7.75. The van der Waals surface area contributed by atoms with Gasteiger partial charge >= 0.3 is 0 Å². The van der Waals surface area contributed by atoms with E-state index < -0.39 is 0 Å². The first kappa shape index (κ1) is 20.2. The van der Waals surface area contributed by atoms with Gasteiger partial charge in [0.25, 0.3) is 0 Å². The molecule has 2 aliphatic rings. The molecular weight excluding hydrogens is 376 g/mol. The minimum absolute atomic E-state index is 0.0378. The molecular formula is C23H28N6O. The van der Waals surface area contributed by atoms with Crippen molar-refractivity contribution < 1.29 is 4.79 Å². The van der Waals surface area contributed by atoms with Crippen LogP contribution in [0.2, 0.25) is 0 Å². The fourth-order valence-electron chi connectivity index (χ4n) is 4.23. The third-order valence-electron chi connectivity index (χ3n) is 5.82. The van der Waals surface area contributed by atoms with Crippen LogP contribution in [-0.2, 0) is 4.79 Å². The van der Waals surface area contributed by atoms with Gasteiger partial charge in [-0.25, -0.2) is 4.98 Å². The van der Waals surface area contributed by atoms with Crippen LogP contribution in [0.4, 0.5) is 11.5 Å². The van der Waals surface area contributed by atoms with Gasteiger partial charge in [0.2, 0.25) is 5.91 Å². The van der Waals surface area contributed by atoms with Crippen molar-refractivity contribution in [2.45, 2.75) is 25.3 Å². The van der Waals surface area contributed by atoms with E-state index in [9.17, 15) is 4.79 Å². The van der Waals surface area contributed by atoms with Crippen molar-refractivity contribution in [1.29, 1.82) is 5.26 Å². The highest BCUT2D eigenvalue weighted by Crippen LogP contribution is 2.27. The summed E-state index contributed by atoms with van der Waals surface area (Å²) in [6, 6.07) is 16.2. The molecule has 2 N–H and O–H groups in total. The number of hydrogen-bond donors (Lipinski definition) is 2. The molecule has 156 valence electrons. The number of piperazine rings is 1. The van der Waals surface area contributed by atoms with Crippen molar-refractivity contribution in [2.24, 2.45) is 0 Å². The monoisotopic (exact) mass is 404 g/mol. The number of hydrogen-bond acceptors (Lipinski definition) is 6. The molecule has 1 amide bonds. The Labute approximate surface area is 177 Å². The van der Waals surface area contributed by atoms with Gasteiger partial charge in [0.15, 0.2) is 0 Å². The number of amides is 1. The molecule has 2 fully saturated rings. The summed E-state index contributed by atoms with van der Waals surface area (Å²) < 4.78 is 0. The Hall–Kier alpha value is -3.11. The second-order valence-corrected chi connectivity index (χ2v) is 7.75. The predicted molar refractivity (Wildman–Crippen MR) is 118 cm³/mol. The fourth-order valence-corrected chi connectivity index (χ4v) is 4.23. The first-order valence-electron chi connectivity index (χ1n) is 10.7. The molecule has 1 aromatic heterocycles. The van der Waals surface area contributed by atoms with Gasteiger partial charge < -0.3 is 20.4 Å². The van der Waals surface area contributed by atoms with E-state index >= 15 is 0 Å². The lowest BCUT2D eigenvalue weighted by atomic mass is 10.0. The fraction of sp³-hybridized carbons (Fsp3) is 0.435. The summed E-state index contributed by atoms with van der Waals surface area (Å²) in [5.74, 6) is 0.722. The lowest BCUT2D eigenvalue weighted by molar-refractivity contribution is -0.122. The Bertz CT molecular complexity index is 901. The van der Waals surface area contributed by atoms with Crippen molar-refractivity contribution in [1.82, 2.24) is 15.6 Å². The van der Waals surface area contributed by atoms with Gasteiger partial charge in [-0.15, -0.1) is 0 Å². The van der Waals surface area contributed by atoms with E-state index in [4.69, 9.17) is 10.2 Å². The molecule has 1 aromatic carbocycles. The van der Waals surface area contributed by atoms with Gasteiger partial charge in [0.05, 0.1) is 11.8 Å². The molecule has 3 heterocycles. The molecule has 7 heteroatoms. The van der Waals surface area contributed by atoms with Gasteiger partial charge in [-0.05, 0) is 43.5 Å². The van der Waals surface area contributed by atoms with Crippen molar-refractivity contribution in [2.75, 3.05) is 49.1 Å². The number of aromatic nitrogens is 1. The maximum absolute atomic E-state index is 12.5. The number of anilines is 2. The third kappa shape index (κ3) is 4.55. The Morgan fingerprint density at radius 3 is 2.70 bits per heavy atom. The summed E-state index contributed by atoms with van der Waals surface area (Å²) in [6.45, 7) is 4.92. The van der Waals surface area contributed by atoms with E-state index in [0.29, 0.717) is 0 Å². The van der Waals surface area contributed by atoms with Crippen LogP contribution in [0.3, 0.4) is 0 Å². The number of piperidine rings is 1. The summed E-state index contributed by atoms with van der Waals surface area (Å²) in [6.07, 6.45) is 2.82. The van der Waals surface area contributed by atoms with E-state index in [2.05, 4.69) is 44.7 Å². The minimum atomic E-state index is -0.273. The highest BCUT2D eigenvalue weighted by Gasteiger charge is 2.29. The standard InChI is InChI=1S/C23H28N6O/c24-11-12-26-23(30)21-5-1-2-15-29(21)22-6-3-4-20(27-22)18-7-9-19(10-8-18)28-16-13-25-14-17-28/h3-4,6-10,21,25H,1-2,5,12-17H2,(H,26,30). The maximum Gasteiger partial charge on any atom is 0.243 e. The Kier molecular flexibility index (Phi) is 6.45. The van der Waals surface area contributed by atoms with Crippen molar-refractivity contribution in [3.8, 4) is 17.3 Å². The molecule has 1 atom stereocenters. The summed E-state index contributed by atoms with van der Waals surface area (Å²) in [5.41, 5.74) is 3.21. The number of carbonyl (C=O) groups excluding carboxylic acids is 1. The van der Waals surface area contributed by atoms with Gasteiger partial charge in [0, 0.05) is 44.0 Å². The number of rotatable bonds is 5. The number of nitrogens with one attached hydrogen (secondary N) is 2. The Morgan fingerprint density at radius 1 is 1.13 bits per heavy atom. The van der Waals surface area contributed by atoms with Gasteiger partial charge in [-0.3, -0.25) is 4.79 Å². The molecule has 0 bridgehead atoms.